The Morgan fingerprint density at radius 3 is 3.06 bits per heavy atom. The van der Waals surface area contributed by atoms with Gasteiger partial charge in [-0.3, -0.25) is 4.79 Å². The molecular weight excluding hydrogens is 242 g/mol. The topological polar surface area (TPSA) is 91.3 Å². The summed E-state index contributed by atoms with van der Waals surface area (Å²) >= 11 is 1.24. The zero-order valence-corrected chi connectivity index (χ0v) is 9.92. The number of carboxylic acids is 1. The van der Waals surface area contributed by atoms with Crippen LogP contribution in [0.15, 0.2) is 5.38 Å². The Morgan fingerprint density at radius 1 is 1.65 bits per heavy atom. The van der Waals surface area contributed by atoms with Crippen LogP contribution in [0.5, 0.6) is 0 Å². The largest absolute Gasteiger partial charge is 0.476 e. The maximum absolute atomic E-state index is 11.7. The fourth-order valence-electron chi connectivity index (χ4n) is 1.68. The van der Waals surface area contributed by atoms with Crippen molar-refractivity contribution in [2.45, 2.75) is 13.0 Å². The van der Waals surface area contributed by atoms with Gasteiger partial charge in [0.25, 0.3) is 0 Å². The third-order valence-electron chi connectivity index (χ3n) is 2.62. The number of hydrogen-bond donors (Lipinski definition) is 3. The van der Waals surface area contributed by atoms with Gasteiger partial charge in [-0.2, -0.15) is 0 Å². The Bertz CT molecular complexity index is 426. The molecule has 1 aromatic rings. The first kappa shape index (κ1) is 12.0. The highest BCUT2D eigenvalue weighted by Crippen LogP contribution is 2.11. The molecule has 1 aromatic heterocycles. The lowest BCUT2D eigenvalue weighted by molar-refractivity contribution is -0.124. The summed E-state index contributed by atoms with van der Waals surface area (Å²) in [7, 11) is 0. The van der Waals surface area contributed by atoms with Crippen LogP contribution >= 0.6 is 11.3 Å². The molecule has 92 valence electrons. The monoisotopic (exact) mass is 255 g/mol. The lowest BCUT2D eigenvalue weighted by Crippen LogP contribution is -2.31. The average Bonchev–Trinajstić information content (AvgIpc) is 2.97. The van der Waals surface area contributed by atoms with Crippen LogP contribution in [0.4, 0.5) is 0 Å². The van der Waals surface area contributed by atoms with Crippen LogP contribution in [0.2, 0.25) is 0 Å². The van der Waals surface area contributed by atoms with Gasteiger partial charge in [-0.05, 0) is 13.0 Å². The molecule has 0 aromatic carbocycles. The van der Waals surface area contributed by atoms with Gasteiger partial charge in [-0.15, -0.1) is 11.3 Å². The maximum atomic E-state index is 11.7. The van der Waals surface area contributed by atoms with Gasteiger partial charge >= 0.3 is 5.97 Å². The maximum Gasteiger partial charge on any atom is 0.355 e. The summed E-state index contributed by atoms with van der Waals surface area (Å²) in [5.41, 5.74) is 0.0294. The number of hydrogen-bond acceptors (Lipinski definition) is 5. The Kier molecular flexibility index (Phi) is 3.70. The van der Waals surface area contributed by atoms with E-state index in [9.17, 15) is 9.59 Å². The average molecular weight is 255 g/mol. The lowest BCUT2D eigenvalue weighted by Gasteiger charge is -2.07. The number of carbonyl (C=O) groups is 2. The van der Waals surface area contributed by atoms with Gasteiger partial charge in [0.05, 0.1) is 12.5 Å². The van der Waals surface area contributed by atoms with Crippen LogP contribution in [0.1, 0.15) is 21.9 Å². The predicted molar refractivity (Wildman–Crippen MR) is 61.9 cm³/mol. The zero-order chi connectivity index (χ0) is 12.3. The molecule has 6 nitrogen and oxygen atoms in total. The molecule has 2 rings (SSSR count). The normalized spacial score (nSPS) is 19.2. The second-order valence-electron chi connectivity index (χ2n) is 3.84. The lowest BCUT2D eigenvalue weighted by atomic mass is 10.1. The van der Waals surface area contributed by atoms with Crippen molar-refractivity contribution in [3.8, 4) is 0 Å². The molecule has 1 aliphatic rings. The molecule has 0 aliphatic carbocycles. The Balaban J connectivity index is 1.84. The van der Waals surface area contributed by atoms with Gasteiger partial charge in [-0.25, -0.2) is 9.78 Å². The van der Waals surface area contributed by atoms with Gasteiger partial charge in [0.2, 0.25) is 5.91 Å². The minimum absolute atomic E-state index is 0.00192. The number of aromatic carboxylic acids is 1. The summed E-state index contributed by atoms with van der Waals surface area (Å²) in [5, 5.41) is 16.7. The molecule has 1 saturated heterocycles. The number of thiazole rings is 1. The predicted octanol–water partition coefficient (Wildman–Crippen LogP) is 0.0670. The fourth-order valence-corrected chi connectivity index (χ4v) is 2.38. The molecule has 2 heterocycles. The van der Waals surface area contributed by atoms with E-state index in [0.717, 1.165) is 13.0 Å². The number of aromatic nitrogens is 1. The van der Waals surface area contributed by atoms with Crippen LogP contribution in [-0.2, 0) is 11.3 Å². The highest BCUT2D eigenvalue weighted by Gasteiger charge is 2.22. The fraction of sp³-hybridized carbons (Fsp3) is 0.500. The highest BCUT2D eigenvalue weighted by molar-refractivity contribution is 7.09. The second kappa shape index (κ2) is 5.24. The SMILES string of the molecule is O=C(O)c1csc(CNC(=O)C2CCNC2)n1. The molecule has 1 fully saturated rings. The van der Waals surface area contributed by atoms with E-state index >= 15 is 0 Å². The van der Waals surface area contributed by atoms with E-state index in [2.05, 4.69) is 15.6 Å². The summed E-state index contributed by atoms with van der Waals surface area (Å²) in [4.78, 5) is 26.2. The quantitative estimate of drug-likeness (QED) is 0.708. The van der Waals surface area contributed by atoms with Crippen LogP contribution < -0.4 is 10.6 Å². The van der Waals surface area contributed by atoms with Gasteiger partial charge in [0, 0.05) is 11.9 Å². The number of nitrogens with one attached hydrogen (secondary N) is 2. The zero-order valence-electron chi connectivity index (χ0n) is 9.10. The van der Waals surface area contributed by atoms with E-state index in [-0.39, 0.29) is 17.5 Å². The number of carboxylic acid groups (broad SMARTS) is 1. The smallest absolute Gasteiger partial charge is 0.355 e. The minimum atomic E-state index is -1.04. The molecule has 1 atom stereocenters. The highest BCUT2D eigenvalue weighted by atomic mass is 32.1. The van der Waals surface area contributed by atoms with Crippen molar-refractivity contribution in [1.29, 1.82) is 0 Å². The third-order valence-corrected chi connectivity index (χ3v) is 3.46. The molecule has 1 unspecified atom stereocenters. The molecule has 0 spiro atoms. The van der Waals surface area contributed by atoms with E-state index in [1.165, 1.54) is 16.7 Å². The van der Waals surface area contributed by atoms with Gasteiger partial charge in [0.15, 0.2) is 5.69 Å². The summed E-state index contributed by atoms with van der Waals surface area (Å²) in [5.74, 6) is -1.02. The van der Waals surface area contributed by atoms with Gasteiger partial charge in [-0.1, -0.05) is 0 Å². The van der Waals surface area contributed by atoms with Crippen LogP contribution in [0.3, 0.4) is 0 Å². The molecule has 0 radical (unpaired) electrons. The number of amides is 1. The summed E-state index contributed by atoms with van der Waals surface area (Å²) in [6, 6.07) is 0. The van der Waals surface area contributed by atoms with E-state index in [4.69, 9.17) is 5.11 Å². The first-order valence-electron chi connectivity index (χ1n) is 5.33. The van der Waals surface area contributed by atoms with Crippen molar-refractivity contribution in [2.75, 3.05) is 13.1 Å². The van der Waals surface area contributed by atoms with E-state index in [1.807, 2.05) is 0 Å². The number of carbonyl (C=O) groups excluding carboxylic acids is 1. The van der Waals surface area contributed by atoms with Crippen LogP contribution in [0.25, 0.3) is 0 Å². The molecule has 0 bridgehead atoms. The van der Waals surface area contributed by atoms with Crippen LogP contribution in [-0.4, -0.2) is 35.1 Å². The minimum Gasteiger partial charge on any atom is -0.476 e. The van der Waals surface area contributed by atoms with Crippen molar-refractivity contribution < 1.29 is 14.7 Å². The van der Waals surface area contributed by atoms with Gasteiger partial charge < -0.3 is 15.7 Å². The number of rotatable bonds is 4. The molecule has 3 N–H and O–H groups in total. The number of nitrogens with zero attached hydrogens (tertiary/aromatic N) is 1. The molecule has 7 heteroatoms. The summed E-state index contributed by atoms with van der Waals surface area (Å²) in [6.45, 7) is 1.88. The third kappa shape index (κ3) is 3.01. The van der Waals surface area contributed by atoms with Crippen molar-refractivity contribution in [1.82, 2.24) is 15.6 Å². The standard InChI is InChI=1S/C10H13N3O3S/c14-9(6-1-2-11-3-6)12-4-8-13-7(5-17-8)10(15)16/h5-6,11H,1-4H2,(H,12,14)(H,15,16). The molecular formula is C10H13N3O3S. The van der Waals surface area contributed by atoms with Crippen LogP contribution in [0, 0.1) is 5.92 Å². The molecule has 0 saturated carbocycles. The van der Waals surface area contributed by atoms with E-state index in [0.29, 0.717) is 18.1 Å². The van der Waals surface area contributed by atoms with Gasteiger partial charge in [0.1, 0.15) is 5.01 Å². The molecule has 1 amide bonds. The van der Waals surface area contributed by atoms with Crippen molar-refractivity contribution in [3.63, 3.8) is 0 Å². The summed E-state index contributed by atoms with van der Waals surface area (Å²) in [6.07, 6.45) is 0.851. The first-order valence-corrected chi connectivity index (χ1v) is 6.21. The Morgan fingerprint density at radius 2 is 2.47 bits per heavy atom. The van der Waals surface area contributed by atoms with E-state index in [1.54, 1.807) is 0 Å². The van der Waals surface area contributed by atoms with Crippen molar-refractivity contribution >= 4 is 23.2 Å². The molecule has 17 heavy (non-hydrogen) atoms. The van der Waals surface area contributed by atoms with E-state index < -0.39 is 5.97 Å². The van der Waals surface area contributed by atoms with Crippen molar-refractivity contribution in [2.24, 2.45) is 5.92 Å². The van der Waals surface area contributed by atoms with Crippen molar-refractivity contribution in [3.05, 3.63) is 16.1 Å². The Hall–Kier alpha value is -1.47. The molecule has 1 aliphatic heterocycles. The first-order chi connectivity index (χ1) is 8.16. The summed E-state index contributed by atoms with van der Waals surface area (Å²) < 4.78 is 0. The second-order valence-corrected chi connectivity index (χ2v) is 4.78. The Labute approximate surface area is 102 Å².